The van der Waals surface area contributed by atoms with Gasteiger partial charge in [-0.15, -0.1) is 11.8 Å². The second kappa shape index (κ2) is 8.50. The summed E-state index contributed by atoms with van der Waals surface area (Å²) in [5.74, 6) is 0.329. The molecule has 0 heterocycles. The van der Waals surface area contributed by atoms with Gasteiger partial charge in [0.2, 0.25) is 5.91 Å². The Morgan fingerprint density at radius 2 is 1.54 bits per heavy atom. The first-order chi connectivity index (χ1) is 12.6. The number of nitrogens with one attached hydrogen (secondary N) is 1. The van der Waals surface area contributed by atoms with Crippen LogP contribution in [0.25, 0.3) is 11.1 Å². The smallest absolute Gasteiger partial charge is 0.221 e. The Morgan fingerprint density at radius 1 is 0.846 bits per heavy atom. The van der Waals surface area contributed by atoms with Gasteiger partial charge in [0.05, 0.1) is 5.75 Å². The molecular formula is C22H19NO2S. The predicted molar refractivity (Wildman–Crippen MR) is 108 cm³/mol. The molecule has 1 N–H and O–H groups in total. The third kappa shape index (κ3) is 4.83. The molecule has 4 heteroatoms. The highest BCUT2D eigenvalue weighted by Gasteiger charge is 2.08. The second-order valence-electron chi connectivity index (χ2n) is 5.86. The van der Waals surface area contributed by atoms with Gasteiger partial charge in [0.25, 0.3) is 0 Å². The number of Topliss-reactive ketones (excluding diaryl/α,β-unsaturated/α-hetero) is 1. The van der Waals surface area contributed by atoms with E-state index in [1.54, 1.807) is 0 Å². The molecule has 130 valence electrons. The minimum absolute atomic E-state index is 0.0829. The molecule has 0 spiro atoms. The van der Waals surface area contributed by atoms with Gasteiger partial charge in [-0.25, -0.2) is 0 Å². The fraction of sp³-hybridized carbons (Fsp3) is 0.0909. The Bertz CT molecular complexity index is 905. The van der Waals surface area contributed by atoms with Crippen molar-refractivity contribution < 1.29 is 9.59 Å². The molecule has 3 aromatic rings. The van der Waals surface area contributed by atoms with Crippen LogP contribution in [0.1, 0.15) is 17.3 Å². The van der Waals surface area contributed by atoms with Crippen LogP contribution in [-0.2, 0) is 4.79 Å². The molecule has 3 aromatic carbocycles. The van der Waals surface area contributed by atoms with E-state index >= 15 is 0 Å². The molecule has 3 nitrogen and oxygen atoms in total. The Kier molecular flexibility index (Phi) is 5.87. The van der Waals surface area contributed by atoms with Crippen LogP contribution in [0.3, 0.4) is 0 Å². The van der Waals surface area contributed by atoms with Crippen molar-refractivity contribution in [3.05, 3.63) is 84.4 Å². The second-order valence-corrected chi connectivity index (χ2v) is 6.91. The number of rotatable bonds is 6. The number of benzene rings is 3. The minimum atomic E-state index is -0.110. The van der Waals surface area contributed by atoms with E-state index in [2.05, 4.69) is 17.4 Å². The largest absolute Gasteiger partial charge is 0.326 e. The normalized spacial score (nSPS) is 10.3. The van der Waals surface area contributed by atoms with Crippen LogP contribution in [-0.4, -0.2) is 17.4 Å². The third-order valence-electron chi connectivity index (χ3n) is 3.84. The van der Waals surface area contributed by atoms with Gasteiger partial charge in [-0.05, 0) is 29.3 Å². The summed E-state index contributed by atoms with van der Waals surface area (Å²) < 4.78 is 0. The summed E-state index contributed by atoms with van der Waals surface area (Å²) in [5, 5.41) is 2.75. The van der Waals surface area contributed by atoms with Crippen molar-refractivity contribution in [2.24, 2.45) is 0 Å². The number of hydrogen-bond donors (Lipinski definition) is 1. The molecule has 0 aromatic heterocycles. The average molecular weight is 361 g/mol. The van der Waals surface area contributed by atoms with E-state index in [0.29, 0.717) is 11.3 Å². The van der Waals surface area contributed by atoms with Gasteiger partial charge >= 0.3 is 0 Å². The van der Waals surface area contributed by atoms with Gasteiger partial charge < -0.3 is 5.32 Å². The molecule has 0 aliphatic heterocycles. The maximum atomic E-state index is 12.4. The van der Waals surface area contributed by atoms with Crippen molar-refractivity contribution in [1.82, 2.24) is 0 Å². The third-order valence-corrected chi connectivity index (χ3v) is 4.83. The van der Waals surface area contributed by atoms with Gasteiger partial charge in [0, 0.05) is 23.1 Å². The molecule has 0 unspecified atom stereocenters. The van der Waals surface area contributed by atoms with Gasteiger partial charge in [-0.1, -0.05) is 60.7 Å². The fourth-order valence-electron chi connectivity index (χ4n) is 2.58. The zero-order chi connectivity index (χ0) is 18.4. The maximum Gasteiger partial charge on any atom is 0.221 e. The molecule has 3 rings (SSSR count). The first-order valence-electron chi connectivity index (χ1n) is 8.31. The summed E-state index contributed by atoms with van der Waals surface area (Å²) in [5.41, 5.74) is 3.67. The first-order valence-corrected chi connectivity index (χ1v) is 9.29. The molecule has 0 aliphatic carbocycles. The standard InChI is InChI=1S/C22H19NO2S/c1-16(24)23-20-8-5-9-21(14-20)26-15-22(25)19-12-10-18(11-13-19)17-6-3-2-4-7-17/h2-14H,15H2,1H3,(H,23,24). The monoisotopic (exact) mass is 361 g/mol. The van der Waals surface area contributed by atoms with Gasteiger partial charge in [0.1, 0.15) is 0 Å². The maximum absolute atomic E-state index is 12.4. The lowest BCUT2D eigenvalue weighted by atomic mass is 10.0. The molecule has 0 aliphatic rings. The Labute approximate surface area is 157 Å². The number of ketones is 1. The molecule has 0 atom stereocenters. The quantitative estimate of drug-likeness (QED) is 0.479. The zero-order valence-corrected chi connectivity index (χ0v) is 15.3. The predicted octanol–water partition coefficient (Wildman–Crippen LogP) is 5.29. The van der Waals surface area contributed by atoms with Crippen molar-refractivity contribution in [3.8, 4) is 11.1 Å². The summed E-state index contributed by atoms with van der Waals surface area (Å²) in [7, 11) is 0. The van der Waals surface area contributed by atoms with E-state index in [0.717, 1.165) is 21.7 Å². The lowest BCUT2D eigenvalue weighted by Crippen LogP contribution is -2.05. The average Bonchev–Trinajstić information content (AvgIpc) is 2.67. The summed E-state index contributed by atoms with van der Waals surface area (Å²) in [4.78, 5) is 24.5. The number of amides is 1. The summed E-state index contributed by atoms with van der Waals surface area (Å²) >= 11 is 1.46. The van der Waals surface area contributed by atoms with Crippen LogP contribution in [0, 0.1) is 0 Å². The van der Waals surface area contributed by atoms with Crippen LogP contribution < -0.4 is 5.32 Å². The van der Waals surface area contributed by atoms with Crippen molar-refractivity contribution >= 4 is 29.1 Å². The van der Waals surface area contributed by atoms with E-state index in [9.17, 15) is 9.59 Å². The van der Waals surface area contributed by atoms with Crippen LogP contribution in [0.4, 0.5) is 5.69 Å². The minimum Gasteiger partial charge on any atom is -0.326 e. The fourth-order valence-corrected chi connectivity index (χ4v) is 3.43. The SMILES string of the molecule is CC(=O)Nc1cccc(SCC(=O)c2ccc(-c3ccccc3)cc2)c1. The number of carbonyl (C=O) groups excluding carboxylic acids is 2. The molecule has 0 radical (unpaired) electrons. The topological polar surface area (TPSA) is 46.2 Å². The van der Waals surface area contributed by atoms with E-state index in [1.807, 2.05) is 66.7 Å². The van der Waals surface area contributed by atoms with Crippen molar-refractivity contribution in [2.45, 2.75) is 11.8 Å². The molecule has 1 amide bonds. The zero-order valence-electron chi connectivity index (χ0n) is 14.4. The Hall–Kier alpha value is -2.85. The molecule has 0 fully saturated rings. The Balaban J connectivity index is 1.62. The van der Waals surface area contributed by atoms with Gasteiger partial charge in [0.15, 0.2) is 5.78 Å². The van der Waals surface area contributed by atoms with Crippen molar-refractivity contribution in [1.29, 1.82) is 0 Å². The van der Waals surface area contributed by atoms with E-state index < -0.39 is 0 Å². The summed E-state index contributed by atoms with van der Waals surface area (Å²) in [6.45, 7) is 1.47. The molecule has 0 bridgehead atoms. The van der Waals surface area contributed by atoms with Crippen molar-refractivity contribution in [3.63, 3.8) is 0 Å². The highest BCUT2D eigenvalue weighted by Crippen LogP contribution is 2.24. The van der Waals surface area contributed by atoms with Crippen LogP contribution in [0.5, 0.6) is 0 Å². The molecular weight excluding hydrogens is 342 g/mol. The number of carbonyl (C=O) groups is 2. The Morgan fingerprint density at radius 3 is 2.23 bits per heavy atom. The van der Waals surface area contributed by atoms with E-state index in [1.165, 1.54) is 18.7 Å². The highest BCUT2D eigenvalue weighted by atomic mass is 32.2. The molecule has 0 saturated carbocycles. The molecule has 26 heavy (non-hydrogen) atoms. The number of thioether (sulfide) groups is 1. The summed E-state index contributed by atoms with van der Waals surface area (Å²) in [6, 6.07) is 25.3. The number of anilines is 1. The first kappa shape index (κ1) is 18.0. The lowest BCUT2D eigenvalue weighted by Gasteiger charge is -2.06. The van der Waals surface area contributed by atoms with Gasteiger partial charge in [-0.3, -0.25) is 9.59 Å². The van der Waals surface area contributed by atoms with Crippen LogP contribution >= 0.6 is 11.8 Å². The molecule has 0 saturated heterocycles. The van der Waals surface area contributed by atoms with E-state index in [-0.39, 0.29) is 11.7 Å². The lowest BCUT2D eigenvalue weighted by molar-refractivity contribution is -0.114. The van der Waals surface area contributed by atoms with Crippen molar-refractivity contribution in [2.75, 3.05) is 11.1 Å². The van der Waals surface area contributed by atoms with Crippen LogP contribution in [0.15, 0.2) is 83.8 Å². The van der Waals surface area contributed by atoms with Crippen LogP contribution in [0.2, 0.25) is 0 Å². The highest BCUT2D eigenvalue weighted by molar-refractivity contribution is 8.00. The number of hydrogen-bond acceptors (Lipinski definition) is 3. The summed E-state index contributed by atoms with van der Waals surface area (Å²) in [6.07, 6.45) is 0. The van der Waals surface area contributed by atoms with E-state index in [4.69, 9.17) is 0 Å². The van der Waals surface area contributed by atoms with Gasteiger partial charge in [-0.2, -0.15) is 0 Å².